The van der Waals surface area contributed by atoms with Gasteiger partial charge >= 0.3 is 0 Å². The highest BCUT2D eigenvalue weighted by Crippen LogP contribution is 2.27. The van der Waals surface area contributed by atoms with Gasteiger partial charge < -0.3 is 5.32 Å². The number of nitrogens with one attached hydrogen (secondary N) is 1. The molecule has 0 saturated carbocycles. The van der Waals surface area contributed by atoms with Crippen LogP contribution in [0, 0.1) is 5.92 Å². The van der Waals surface area contributed by atoms with E-state index in [1.165, 1.54) is 11.1 Å². The van der Waals surface area contributed by atoms with Crippen molar-refractivity contribution in [3.05, 3.63) is 51.3 Å². The average molecular weight is 339 g/mol. The van der Waals surface area contributed by atoms with Crippen LogP contribution in [0.25, 0.3) is 0 Å². The SMILES string of the molecule is Clc1cc(NCC2Cc3ccncc3C2)ncc1Br. The first kappa shape index (κ1) is 12.9. The quantitative estimate of drug-likeness (QED) is 0.927. The van der Waals surface area contributed by atoms with Gasteiger partial charge in [-0.3, -0.25) is 4.98 Å². The molecule has 0 spiro atoms. The normalized spacial score (nSPS) is 17.3. The number of hydrogen-bond donors (Lipinski definition) is 1. The summed E-state index contributed by atoms with van der Waals surface area (Å²) in [4.78, 5) is 8.47. The van der Waals surface area contributed by atoms with E-state index >= 15 is 0 Å². The maximum absolute atomic E-state index is 6.05. The fourth-order valence-corrected chi connectivity index (χ4v) is 2.81. The lowest BCUT2D eigenvalue weighted by atomic mass is 10.1. The zero-order chi connectivity index (χ0) is 13.2. The van der Waals surface area contributed by atoms with E-state index in [4.69, 9.17) is 11.6 Å². The third-order valence-electron chi connectivity index (χ3n) is 3.40. The molecule has 1 aliphatic rings. The molecule has 0 saturated heterocycles. The molecule has 0 aliphatic heterocycles. The van der Waals surface area contributed by atoms with Gasteiger partial charge in [0.1, 0.15) is 5.82 Å². The van der Waals surface area contributed by atoms with E-state index in [2.05, 4.69) is 37.3 Å². The van der Waals surface area contributed by atoms with Crippen LogP contribution in [0.4, 0.5) is 5.82 Å². The van der Waals surface area contributed by atoms with E-state index < -0.39 is 0 Å². The molecule has 0 aromatic carbocycles. The lowest BCUT2D eigenvalue weighted by molar-refractivity contribution is 0.592. The Morgan fingerprint density at radius 2 is 2.16 bits per heavy atom. The maximum atomic E-state index is 6.05. The summed E-state index contributed by atoms with van der Waals surface area (Å²) in [6.45, 7) is 0.902. The molecule has 0 radical (unpaired) electrons. The van der Waals surface area contributed by atoms with Gasteiger partial charge in [-0.1, -0.05) is 11.6 Å². The minimum atomic E-state index is 0.600. The Morgan fingerprint density at radius 3 is 2.95 bits per heavy atom. The summed E-state index contributed by atoms with van der Waals surface area (Å²) >= 11 is 9.38. The largest absolute Gasteiger partial charge is 0.370 e. The number of nitrogens with zero attached hydrogens (tertiary/aromatic N) is 2. The Labute approximate surface area is 125 Å². The second-order valence-corrected chi connectivity index (χ2v) is 6.04. The predicted octanol–water partition coefficient (Wildman–Crippen LogP) is 3.72. The highest BCUT2D eigenvalue weighted by Gasteiger charge is 2.21. The first-order valence-corrected chi connectivity index (χ1v) is 7.36. The topological polar surface area (TPSA) is 37.8 Å². The molecule has 1 unspecified atom stereocenters. The molecule has 1 atom stereocenters. The maximum Gasteiger partial charge on any atom is 0.127 e. The van der Waals surface area contributed by atoms with Gasteiger partial charge in [-0.05, 0) is 51.9 Å². The minimum absolute atomic E-state index is 0.600. The van der Waals surface area contributed by atoms with Crippen LogP contribution >= 0.6 is 27.5 Å². The number of hydrogen-bond acceptors (Lipinski definition) is 3. The summed E-state index contributed by atoms with van der Waals surface area (Å²) in [5.74, 6) is 1.42. The number of fused-ring (bicyclic) bond motifs is 1. The minimum Gasteiger partial charge on any atom is -0.370 e. The lowest BCUT2D eigenvalue weighted by Gasteiger charge is -2.11. The third kappa shape index (κ3) is 2.90. The number of halogens is 2. The highest BCUT2D eigenvalue weighted by molar-refractivity contribution is 9.10. The molecule has 2 heterocycles. The predicted molar refractivity (Wildman–Crippen MR) is 80.6 cm³/mol. The van der Waals surface area contributed by atoms with E-state index in [0.29, 0.717) is 10.9 Å². The van der Waals surface area contributed by atoms with Crippen LogP contribution in [-0.4, -0.2) is 16.5 Å². The first-order chi connectivity index (χ1) is 9.22. The van der Waals surface area contributed by atoms with E-state index in [1.54, 1.807) is 6.20 Å². The Bertz CT molecular complexity index is 578. The standard InChI is InChI=1S/C14H13BrClN3/c15-12-8-19-14(5-13(12)16)18-6-9-3-10-1-2-17-7-11(10)4-9/h1-2,5,7-9H,3-4,6H2,(H,18,19). The zero-order valence-corrected chi connectivity index (χ0v) is 12.6. The van der Waals surface area contributed by atoms with Crippen molar-refractivity contribution in [3.63, 3.8) is 0 Å². The van der Waals surface area contributed by atoms with E-state index in [1.807, 2.05) is 18.5 Å². The van der Waals surface area contributed by atoms with Crippen molar-refractivity contribution in [2.24, 2.45) is 5.92 Å². The molecule has 0 amide bonds. The summed E-state index contributed by atoms with van der Waals surface area (Å²) in [6, 6.07) is 3.96. The Balaban J connectivity index is 1.61. The molecule has 3 nitrogen and oxygen atoms in total. The summed E-state index contributed by atoms with van der Waals surface area (Å²) in [5, 5.41) is 4.03. The zero-order valence-electron chi connectivity index (χ0n) is 10.2. The van der Waals surface area contributed by atoms with Crippen LogP contribution in [0.5, 0.6) is 0 Å². The molecular weight excluding hydrogens is 326 g/mol. The summed E-state index contributed by atoms with van der Waals surface area (Å²) in [5.41, 5.74) is 2.79. The highest BCUT2D eigenvalue weighted by atomic mass is 79.9. The van der Waals surface area contributed by atoms with Crippen molar-refractivity contribution >= 4 is 33.3 Å². The van der Waals surface area contributed by atoms with Crippen LogP contribution in [0.3, 0.4) is 0 Å². The molecule has 0 bridgehead atoms. The van der Waals surface area contributed by atoms with Crippen molar-refractivity contribution in [3.8, 4) is 0 Å². The fraction of sp³-hybridized carbons (Fsp3) is 0.286. The molecule has 3 rings (SSSR count). The fourth-order valence-electron chi connectivity index (χ4n) is 2.44. The van der Waals surface area contributed by atoms with Gasteiger partial charge in [0.2, 0.25) is 0 Å². The van der Waals surface area contributed by atoms with Crippen LogP contribution in [0.2, 0.25) is 5.02 Å². The molecule has 2 aromatic heterocycles. The van der Waals surface area contributed by atoms with Crippen molar-refractivity contribution in [1.29, 1.82) is 0 Å². The molecule has 2 aromatic rings. The number of pyridine rings is 2. The monoisotopic (exact) mass is 337 g/mol. The molecule has 5 heteroatoms. The molecule has 1 N–H and O–H groups in total. The Morgan fingerprint density at radius 1 is 1.32 bits per heavy atom. The molecular formula is C14H13BrClN3. The summed E-state index contributed by atoms with van der Waals surface area (Å²) in [6.07, 6.45) is 7.75. The van der Waals surface area contributed by atoms with Crippen LogP contribution in [0.15, 0.2) is 35.2 Å². The van der Waals surface area contributed by atoms with E-state index in [0.717, 1.165) is 29.7 Å². The molecule has 1 aliphatic carbocycles. The van der Waals surface area contributed by atoms with E-state index in [9.17, 15) is 0 Å². The first-order valence-electron chi connectivity index (χ1n) is 6.19. The molecule has 98 valence electrons. The number of rotatable bonds is 3. The van der Waals surface area contributed by atoms with Crippen molar-refractivity contribution in [2.75, 3.05) is 11.9 Å². The molecule has 19 heavy (non-hydrogen) atoms. The van der Waals surface area contributed by atoms with Gasteiger partial charge in [0.25, 0.3) is 0 Å². The van der Waals surface area contributed by atoms with Gasteiger partial charge in [-0.2, -0.15) is 0 Å². The Kier molecular flexibility index (Phi) is 3.71. The van der Waals surface area contributed by atoms with Crippen LogP contribution < -0.4 is 5.32 Å². The summed E-state index contributed by atoms with van der Waals surface area (Å²) < 4.78 is 0.819. The van der Waals surface area contributed by atoms with Crippen molar-refractivity contribution in [1.82, 2.24) is 9.97 Å². The van der Waals surface area contributed by atoms with Gasteiger partial charge in [-0.25, -0.2) is 4.98 Å². The lowest BCUT2D eigenvalue weighted by Crippen LogP contribution is -2.15. The number of aromatic nitrogens is 2. The average Bonchev–Trinajstić information content (AvgIpc) is 2.83. The van der Waals surface area contributed by atoms with Gasteiger partial charge in [0, 0.05) is 31.2 Å². The van der Waals surface area contributed by atoms with Gasteiger partial charge in [0.05, 0.1) is 9.50 Å². The van der Waals surface area contributed by atoms with Gasteiger partial charge in [-0.15, -0.1) is 0 Å². The van der Waals surface area contributed by atoms with Crippen molar-refractivity contribution in [2.45, 2.75) is 12.8 Å². The van der Waals surface area contributed by atoms with E-state index in [-0.39, 0.29) is 0 Å². The summed E-state index contributed by atoms with van der Waals surface area (Å²) in [7, 11) is 0. The number of anilines is 1. The van der Waals surface area contributed by atoms with Crippen molar-refractivity contribution < 1.29 is 0 Å². The third-order valence-corrected chi connectivity index (χ3v) is 4.58. The second kappa shape index (κ2) is 5.47. The molecule has 0 fully saturated rings. The second-order valence-electron chi connectivity index (χ2n) is 4.78. The smallest absolute Gasteiger partial charge is 0.127 e. The van der Waals surface area contributed by atoms with Gasteiger partial charge in [0.15, 0.2) is 0 Å². The Hall–Kier alpha value is -1.13. The van der Waals surface area contributed by atoms with Crippen LogP contribution in [-0.2, 0) is 12.8 Å². The van der Waals surface area contributed by atoms with Crippen LogP contribution in [0.1, 0.15) is 11.1 Å².